The Morgan fingerprint density at radius 2 is 1.93 bits per heavy atom. The van der Waals surface area contributed by atoms with Crippen LogP contribution in [0, 0.1) is 6.92 Å². The van der Waals surface area contributed by atoms with E-state index < -0.39 is 12.0 Å². The Labute approximate surface area is 177 Å². The van der Waals surface area contributed by atoms with Crippen molar-refractivity contribution in [3.63, 3.8) is 0 Å². The minimum Gasteiger partial charge on any atom is -0.463 e. The number of thiazole rings is 1. The summed E-state index contributed by atoms with van der Waals surface area (Å²) in [7, 11) is 0. The van der Waals surface area contributed by atoms with Crippen LogP contribution in [-0.4, -0.2) is 22.1 Å². The minimum absolute atomic E-state index is 0.204. The summed E-state index contributed by atoms with van der Waals surface area (Å²) in [6, 6.07) is 14.6. The van der Waals surface area contributed by atoms with E-state index in [0.717, 1.165) is 11.3 Å². The predicted molar refractivity (Wildman–Crippen MR) is 116 cm³/mol. The number of benzene rings is 1. The molecule has 0 bridgehead atoms. The van der Waals surface area contributed by atoms with Gasteiger partial charge in [0.1, 0.15) is 0 Å². The van der Waals surface area contributed by atoms with E-state index >= 15 is 0 Å². The summed E-state index contributed by atoms with van der Waals surface area (Å²) in [6.07, 6.45) is 1.77. The standard InChI is InChI=1S/C23H21N3O3S/c1-4-29-22(28)19-15(3)25-23-26(20(19)16-10-6-5-7-11-16)21(27)18(30-23)13-17-12-8-9-14(2)24-17/h5-13,20H,4H2,1-3H3/b18-13+. The first-order chi connectivity index (χ1) is 14.5. The van der Waals surface area contributed by atoms with Gasteiger partial charge >= 0.3 is 5.97 Å². The van der Waals surface area contributed by atoms with E-state index in [9.17, 15) is 9.59 Å². The third-order valence-corrected chi connectivity index (χ3v) is 5.80. The fourth-order valence-electron chi connectivity index (χ4n) is 3.52. The molecule has 1 aliphatic rings. The van der Waals surface area contributed by atoms with Crippen LogP contribution in [0.1, 0.15) is 36.8 Å². The molecule has 0 radical (unpaired) electrons. The number of aromatic nitrogens is 2. The highest BCUT2D eigenvalue weighted by Crippen LogP contribution is 2.30. The Bertz CT molecular complexity index is 1320. The van der Waals surface area contributed by atoms with Gasteiger partial charge in [-0.05, 0) is 44.5 Å². The number of aryl methyl sites for hydroxylation is 1. The maximum atomic E-state index is 13.4. The van der Waals surface area contributed by atoms with Gasteiger partial charge in [0.05, 0.1) is 34.1 Å². The monoisotopic (exact) mass is 419 g/mol. The molecule has 1 unspecified atom stereocenters. The molecule has 0 amide bonds. The number of pyridine rings is 1. The van der Waals surface area contributed by atoms with E-state index in [1.165, 1.54) is 11.3 Å². The number of ether oxygens (including phenoxy) is 1. The molecule has 3 heterocycles. The molecule has 1 atom stereocenters. The quantitative estimate of drug-likeness (QED) is 0.609. The number of carbonyl (C=O) groups excluding carboxylic acids is 1. The molecule has 0 spiro atoms. The molecule has 1 aromatic carbocycles. The molecule has 0 N–H and O–H groups in total. The van der Waals surface area contributed by atoms with Crippen LogP contribution in [0.5, 0.6) is 0 Å². The summed E-state index contributed by atoms with van der Waals surface area (Å²) in [5.74, 6) is -0.456. The van der Waals surface area contributed by atoms with Crippen LogP contribution in [0.4, 0.5) is 0 Å². The number of hydrogen-bond donors (Lipinski definition) is 0. The molecule has 0 aliphatic carbocycles. The van der Waals surface area contributed by atoms with E-state index in [1.807, 2.05) is 55.5 Å². The van der Waals surface area contributed by atoms with Crippen molar-refractivity contribution < 1.29 is 9.53 Å². The summed E-state index contributed by atoms with van der Waals surface area (Å²) in [6.45, 7) is 5.70. The van der Waals surface area contributed by atoms with E-state index in [1.54, 1.807) is 24.5 Å². The van der Waals surface area contributed by atoms with E-state index in [4.69, 9.17) is 4.74 Å². The van der Waals surface area contributed by atoms with Crippen molar-refractivity contribution in [1.82, 2.24) is 9.55 Å². The molecular formula is C23H21N3O3S. The van der Waals surface area contributed by atoms with Crippen molar-refractivity contribution in [2.45, 2.75) is 26.8 Å². The molecule has 4 rings (SSSR count). The maximum Gasteiger partial charge on any atom is 0.338 e. The van der Waals surface area contributed by atoms with Crippen LogP contribution in [-0.2, 0) is 9.53 Å². The third kappa shape index (κ3) is 3.64. The van der Waals surface area contributed by atoms with Crippen LogP contribution < -0.4 is 14.9 Å². The number of esters is 1. The lowest BCUT2D eigenvalue weighted by Gasteiger charge is -2.24. The number of carbonyl (C=O) groups is 1. The summed E-state index contributed by atoms with van der Waals surface area (Å²) in [5.41, 5.74) is 3.15. The predicted octanol–water partition coefficient (Wildman–Crippen LogP) is 2.50. The average molecular weight is 420 g/mol. The highest BCUT2D eigenvalue weighted by Gasteiger charge is 2.33. The van der Waals surface area contributed by atoms with Crippen molar-refractivity contribution in [1.29, 1.82) is 0 Å². The topological polar surface area (TPSA) is 73.6 Å². The lowest BCUT2D eigenvalue weighted by atomic mass is 9.96. The van der Waals surface area contributed by atoms with Gasteiger partial charge in [0, 0.05) is 5.69 Å². The molecule has 30 heavy (non-hydrogen) atoms. The van der Waals surface area contributed by atoms with Crippen molar-refractivity contribution in [3.05, 3.63) is 96.4 Å². The molecule has 6 nitrogen and oxygen atoms in total. The highest BCUT2D eigenvalue weighted by atomic mass is 32.1. The fourth-order valence-corrected chi connectivity index (χ4v) is 4.55. The van der Waals surface area contributed by atoms with Gasteiger partial charge in [0.25, 0.3) is 5.56 Å². The van der Waals surface area contributed by atoms with Gasteiger partial charge in [0.2, 0.25) is 0 Å². The Morgan fingerprint density at radius 1 is 1.17 bits per heavy atom. The van der Waals surface area contributed by atoms with Gasteiger partial charge in [0.15, 0.2) is 4.80 Å². The molecule has 2 aromatic heterocycles. The maximum absolute atomic E-state index is 13.4. The molecule has 152 valence electrons. The first-order valence-electron chi connectivity index (χ1n) is 9.68. The number of hydrogen-bond acceptors (Lipinski definition) is 6. The number of fused-ring (bicyclic) bond motifs is 1. The van der Waals surface area contributed by atoms with Gasteiger partial charge in [-0.15, -0.1) is 0 Å². The zero-order valence-electron chi connectivity index (χ0n) is 17.0. The van der Waals surface area contributed by atoms with E-state index in [2.05, 4.69) is 9.98 Å². The second-order valence-electron chi connectivity index (χ2n) is 6.92. The van der Waals surface area contributed by atoms with Crippen LogP contribution in [0.2, 0.25) is 0 Å². The normalized spacial score (nSPS) is 16.2. The van der Waals surface area contributed by atoms with Crippen molar-refractivity contribution >= 4 is 23.4 Å². The van der Waals surface area contributed by atoms with Gasteiger partial charge in [-0.2, -0.15) is 0 Å². The molecular weight excluding hydrogens is 398 g/mol. The summed E-state index contributed by atoms with van der Waals surface area (Å²) >= 11 is 1.29. The van der Waals surface area contributed by atoms with Crippen molar-refractivity contribution in [3.8, 4) is 0 Å². The first kappa shape index (κ1) is 20.0. The minimum atomic E-state index is -0.589. The largest absolute Gasteiger partial charge is 0.463 e. The average Bonchev–Trinajstić information content (AvgIpc) is 3.02. The molecule has 0 fully saturated rings. The second-order valence-corrected chi connectivity index (χ2v) is 7.93. The van der Waals surface area contributed by atoms with Crippen LogP contribution in [0.25, 0.3) is 6.08 Å². The Morgan fingerprint density at radius 3 is 2.63 bits per heavy atom. The second kappa shape index (κ2) is 8.20. The fraction of sp³-hybridized carbons (Fsp3) is 0.217. The molecule has 0 saturated heterocycles. The first-order valence-corrected chi connectivity index (χ1v) is 10.5. The zero-order valence-corrected chi connectivity index (χ0v) is 17.8. The molecule has 3 aromatic rings. The lowest BCUT2D eigenvalue weighted by Crippen LogP contribution is -2.39. The Hall–Kier alpha value is -3.32. The number of allylic oxidation sites excluding steroid dienone is 1. The third-order valence-electron chi connectivity index (χ3n) is 4.82. The van der Waals surface area contributed by atoms with Crippen LogP contribution >= 0.6 is 11.3 Å². The van der Waals surface area contributed by atoms with Crippen molar-refractivity contribution in [2.75, 3.05) is 6.61 Å². The number of rotatable bonds is 4. The molecule has 1 aliphatic heterocycles. The molecule has 7 heteroatoms. The van der Waals surface area contributed by atoms with Crippen LogP contribution in [0.15, 0.2) is 69.6 Å². The summed E-state index contributed by atoms with van der Waals surface area (Å²) < 4.78 is 7.39. The SMILES string of the molecule is CCOC(=O)C1=C(C)N=c2s/c(=C/c3cccc(C)n3)c(=O)n2C1c1ccccc1. The lowest BCUT2D eigenvalue weighted by molar-refractivity contribution is -0.139. The summed E-state index contributed by atoms with van der Waals surface area (Å²) in [4.78, 5) is 35.8. The Kier molecular flexibility index (Phi) is 5.46. The van der Waals surface area contributed by atoms with Gasteiger partial charge in [-0.25, -0.2) is 9.79 Å². The smallest absolute Gasteiger partial charge is 0.338 e. The zero-order chi connectivity index (χ0) is 21.3. The number of nitrogens with zero attached hydrogens (tertiary/aromatic N) is 3. The summed E-state index contributed by atoms with van der Waals surface area (Å²) in [5, 5.41) is 0. The van der Waals surface area contributed by atoms with Gasteiger partial charge in [-0.1, -0.05) is 47.7 Å². The van der Waals surface area contributed by atoms with Crippen molar-refractivity contribution in [2.24, 2.45) is 4.99 Å². The molecule has 0 saturated carbocycles. The van der Waals surface area contributed by atoms with Gasteiger partial charge < -0.3 is 4.74 Å². The van der Waals surface area contributed by atoms with Crippen LogP contribution in [0.3, 0.4) is 0 Å². The van der Waals surface area contributed by atoms with E-state index in [-0.39, 0.29) is 12.2 Å². The highest BCUT2D eigenvalue weighted by molar-refractivity contribution is 7.07. The Balaban J connectivity index is 1.96. The van der Waals surface area contributed by atoms with E-state index in [0.29, 0.717) is 26.3 Å². The van der Waals surface area contributed by atoms with Gasteiger partial charge in [-0.3, -0.25) is 14.3 Å².